The predicted molar refractivity (Wildman–Crippen MR) is 24.0 cm³/mol. The molecule has 0 N–H and O–H groups in total. The summed E-state index contributed by atoms with van der Waals surface area (Å²) in [7, 11) is 0. The summed E-state index contributed by atoms with van der Waals surface area (Å²) in [5.74, 6) is 0.0694. The van der Waals surface area contributed by atoms with Gasteiger partial charge in [-0.2, -0.15) is 4.98 Å². The topological polar surface area (TPSA) is 66.3 Å². The Hall–Kier alpha value is -1.57. The van der Waals surface area contributed by atoms with Gasteiger partial charge in [0.2, 0.25) is 6.39 Å². The van der Waals surface area contributed by atoms with Gasteiger partial charge in [0.15, 0.2) is 0 Å². The first kappa shape index (κ1) is 4.59. The zero-order chi connectivity index (χ0) is 5.82. The lowest BCUT2D eigenvalue weighted by atomic mass is 10.7. The maximum Gasteiger partial charge on any atom is 0.381 e. The van der Waals surface area contributed by atoms with E-state index in [0.29, 0.717) is 0 Å². The van der Waals surface area contributed by atoms with Crippen LogP contribution in [0.3, 0.4) is 0 Å². The van der Waals surface area contributed by atoms with Gasteiger partial charge in [-0.05, 0) is 5.16 Å². The monoisotopic (exact) mass is 111 g/mol. The van der Waals surface area contributed by atoms with Gasteiger partial charge >= 0.3 is 11.9 Å². The van der Waals surface area contributed by atoms with Crippen LogP contribution in [0.4, 0.5) is 0 Å². The van der Waals surface area contributed by atoms with Crippen LogP contribution in [-0.4, -0.2) is 10.1 Å². The number of nitrogens with zero attached hydrogens (tertiary/aromatic N) is 3. The average molecular weight is 111 g/mol. The van der Waals surface area contributed by atoms with Crippen LogP contribution in [0.5, 0.6) is 0 Å². The summed E-state index contributed by atoms with van der Waals surface area (Å²) in [5.41, 5.74) is 0. The van der Waals surface area contributed by atoms with Crippen LogP contribution in [-0.2, 0) is 0 Å². The summed E-state index contributed by atoms with van der Waals surface area (Å²) < 4.78 is 4.24. The highest BCUT2D eigenvalue weighted by Gasteiger charge is 1.96. The molecular formula is C3HN3O2. The summed E-state index contributed by atoms with van der Waals surface area (Å²) in [6, 6.07) is 1.94. The molecule has 0 radical (unpaired) electrons. The van der Waals surface area contributed by atoms with Crippen molar-refractivity contribution in [1.82, 2.24) is 10.1 Å². The summed E-state index contributed by atoms with van der Waals surface area (Å²) in [6.07, 6.45) is 1.09. The maximum atomic E-state index is 9.39. The van der Waals surface area contributed by atoms with E-state index in [1.165, 1.54) is 0 Å². The molecule has 0 atom stereocenters. The molecule has 0 saturated heterocycles. The molecule has 0 aromatic carbocycles. The molecule has 0 aliphatic rings. The van der Waals surface area contributed by atoms with Crippen molar-refractivity contribution in [2.45, 2.75) is 0 Å². The lowest BCUT2D eigenvalue weighted by Crippen LogP contribution is -1.71. The molecule has 0 spiro atoms. The fourth-order valence-electron chi connectivity index (χ4n) is 0.261. The molecule has 0 saturated carbocycles. The summed E-state index contributed by atoms with van der Waals surface area (Å²) in [4.78, 5) is 3.42. The van der Waals surface area contributed by atoms with Crippen molar-refractivity contribution in [3.63, 3.8) is 0 Å². The zero-order valence-electron chi connectivity index (χ0n) is 3.74. The smallest absolute Gasteiger partial charge is 0.381 e. The number of hydrogen-bond acceptors (Lipinski definition) is 4. The second-order valence-corrected chi connectivity index (χ2v) is 0.958. The Labute approximate surface area is 44.3 Å². The van der Waals surface area contributed by atoms with Gasteiger partial charge in [-0.1, -0.05) is 0 Å². The molecule has 1 aromatic heterocycles. The summed E-state index contributed by atoms with van der Waals surface area (Å²) in [5, 5.41) is 14.9. The van der Waals surface area contributed by atoms with Crippen LogP contribution in [0.15, 0.2) is 10.9 Å². The minimum atomic E-state index is 0.0694. The maximum absolute atomic E-state index is 9.39. The van der Waals surface area contributed by atoms with Crippen LogP contribution in [0.1, 0.15) is 5.82 Å². The van der Waals surface area contributed by atoms with E-state index in [0.717, 1.165) is 6.39 Å². The van der Waals surface area contributed by atoms with Crippen molar-refractivity contribution >= 4 is 0 Å². The molecule has 1 aromatic rings. The normalized spacial score (nSPS) is 7.50. The Morgan fingerprint density at radius 3 is 3.25 bits per heavy atom. The molecule has 0 aliphatic carbocycles. The highest BCUT2D eigenvalue weighted by atomic mass is 16.5. The van der Waals surface area contributed by atoms with Crippen molar-refractivity contribution in [2.24, 2.45) is 0 Å². The second-order valence-electron chi connectivity index (χ2n) is 0.958. The van der Waals surface area contributed by atoms with E-state index in [9.17, 15) is 5.21 Å². The molecule has 1 heterocycles. The van der Waals surface area contributed by atoms with Crippen molar-refractivity contribution in [3.05, 3.63) is 22.4 Å². The molecule has 40 valence electrons. The highest BCUT2D eigenvalue weighted by Crippen LogP contribution is 1.82. The van der Waals surface area contributed by atoms with Gasteiger partial charge in [0.25, 0.3) is 0 Å². The third-order valence-electron chi connectivity index (χ3n) is 0.507. The van der Waals surface area contributed by atoms with Gasteiger partial charge in [-0.25, -0.2) is 0 Å². The molecule has 0 bridgehead atoms. The van der Waals surface area contributed by atoms with E-state index in [-0.39, 0.29) is 5.82 Å². The lowest BCUT2D eigenvalue weighted by molar-refractivity contribution is 0.415. The van der Waals surface area contributed by atoms with Gasteiger partial charge in [-0.3, -0.25) is 0 Å². The lowest BCUT2D eigenvalue weighted by Gasteiger charge is -1.56. The van der Waals surface area contributed by atoms with Crippen molar-refractivity contribution < 1.29 is 4.52 Å². The SMILES string of the molecule is [O-][N+]#Cc1ncon1. The predicted octanol–water partition coefficient (Wildman–Crippen LogP) is 0.248. The van der Waals surface area contributed by atoms with Crippen molar-refractivity contribution in [3.8, 4) is 6.07 Å². The van der Waals surface area contributed by atoms with Crippen LogP contribution in [0.25, 0.3) is 5.01 Å². The Bertz CT molecular complexity index is 206. The van der Waals surface area contributed by atoms with Crippen LogP contribution >= 0.6 is 0 Å². The van der Waals surface area contributed by atoms with Gasteiger partial charge in [-0.15, -0.1) is 0 Å². The number of aromatic nitrogens is 2. The van der Waals surface area contributed by atoms with E-state index in [1.54, 1.807) is 0 Å². The number of hydrogen-bond donors (Lipinski definition) is 0. The van der Waals surface area contributed by atoms with E-state index < -0.39 is 0 Å². The Kier molecular flexibility index (Phi) is 1.11. The zero-order valence-corrected chi connectivity index (χ0v) is 3.74. The third kappa shape index (κ3) is 0.733. The van der Waals surface area contributed by atoms with Crippen LogP contribution < -0.4 is 0 Å². The molecule has 1 rings (SSSR count). The second kappa shape index (κ2) is 1.93. The molecule has 0 fully saturated rings. The van der Waals surface area contributed by atoms with Gasteiger partial charge in [0, 0.05) is 5.01 Å². The minimum absolute atomic E-state index is 0.0694. The average Bonchev–Trinajstić information content (AvgIpc) is 2.19. The Morgan fingerprint density at radius 2 is 2.75 bits per heavy atom. The Balaban J connectivity index is 2.88. The molecule has 0 unspecified atom stereocenters. The summed E-state index contributed by atoms with van der Waals surface area (Å²) >= 11 is 0. The van der Waals surface area contributed by atoms with E-state index in [2.05, 4.69) is 19.7 Å². The van der Waals surface area contributed by atoms with E-state index >= 15 is 0 Å². The highest BCUT2D eigenvalue weighted by molar-refractivity contribution is 5.11. The van der Waals surface area contributed by atoms with Crippen LogP contribution in [0, 0.1) is 11.3 Å². The molecule has 5 nitrogen and oxygen atoms in total. The largest absolute Gasteiger partial charge is 0.498 e. The fraction of sp³-hybridized carbons (Fsp3) is 0. The van der Waals surface area contributed by atoms with E-state index in [4.69, 9.17) is 0 Å². The molecule has 5 heteroatoms. The van der Waals surface area contributed by atoms with Gasteiger partial charge in [0.05, 0.1) is 0 Å². The van der Waals surface area contributed by atoms with E-state index in [1.807, 2.05) is 6.07 Å². The first-order chi connectivity index (χ1) is 3.93. The first-order valence-electron chi connectivity index (χ1n) is 1.78. The van der Waals surface area contributed by atoms with Crippen molar-refractivity contribution in [2.75, 3.05) is 0 Å². The standard InChI is InChI=1S/C3HN3O2/c7-5-1-3-4-2-8-6-3/h2H. The van der Waals surface area contributed by atoms with Crippen LogP contribution in [0.2, 0.25) is 0 Å². The first-order valence-corrected chi connectivity index (χ1v) is 1.78. The third-order valence-corrected chi connectivity index (χ3v) is 0.507. The van der Waals surface area contributed by atoms with Gasteiger partial charge < -0.3 is 9.73 Å². The minimum Gasteiger partial charge on any atom is -0.498 e. The van der Waals surface area contributed by atoms with Gasteiger partial charge in [0.1, 0.15) is 0 Å². The molecule has 0 aliphatic heterocycles. The molecular weight excluding hydrogens is 110 g/mol. The fourth-order valence-corrected chi connectivity index (χ4v) is 0.261. The van der Waals surface area contributed by atoms with Crippen molar-refractivity contribution in [1.29, 1.82) is 0 Å². The Morgan fingerprint density at radius 1 is 1.88 bits per heavy atom. The quantitative estimate of drug-likeness (QED) is 0.450. The number of rotatable bonds is 0. The summed E-state index contributed by atoms with van der Waals surface area (Å²) in [6.45, 7) is 0. The molecule has 0 amide bonds. The molecule has 8 heavy (non-hydrogen) atoms.